The highest BCUT2D eigenvalue weighted by molar-refractivity contribution is 5.15. The molecule has 0 heterocycles. The molecule has 14 heavy (non-hydrogen) atoms. The van der Waals surface area contributed by atoms with Crippen LogP contribution in [-0.4, -0.2) is 17.8 Å². The van der Waals surface area contributed by atoms with Gasteiger partial charge in [0.1, 0.15) is 5.82 Å². The highest BCUT2D eigenvalue weighted by Gasteiger charge is 2.00. The van der Waals surface area contributed by atoms with E-state index in [4.69, 9.17) is 5.11 Å². The van der Waals surface area contributed by atoms with Gasteiger partial charge < -0.3 is 10.4 Å². The Balaban J connectivity index is 2.37. The maximum absolute atomic E-state index is 12.8. The van der Waals surface area contributed by atoms with Gasteiger partial charge in [0.2, 0.25) is 0 Å². The van der Waals surface area contributed by atoms with Gasteiger partial charge >= 0.3 is 0 Å². The van der Waals surface area contributed by atoms with Gasteiger partial charge in [0.15, 0.2) is 0 Å². The molecular formula is C11H16FNO. The molecule has 0 aliphatic rings. The zero-order chi connectivity index (χ0) is 10.4. The van der Waals surface area contributed by atoms with Crippen LogP contribution < -0.4 is 5.32 Å². The Morgan fingerprint density at radius 3 is 2.93 bits per heavy atom. The highest BCUT2D eigenvalue weighted by atomic mass is 19.1. The zero-order valence-electron chi connectivity index (χ0n) is 8.33. The van der Waals surface area contributed by atoms with Crippen molar-refractivity contribution in [2.45, 2.75) is 25.9 Å². The number of halogens is 1. The second kappa shape index (κ2) is 5.73. The second-order valence-electron chi connectivity index (χ2n) is 3.42. The van der Waals surface area contributed by atoms with Crippen molar-refractivity contribution < 1.29 is 9.50 Å². The van der Waals surface area contributed by atoms with Crippen LogP contribution in [0.3, 0.4) is 0 Å². The van der Waals surface area contributed by atoms with Crippen molar-refractivity contribution in [3.05, 3.63) is 35.6 Å². The lowest BCUT2D eigenvalue weighted by molar-refractivity contribution is 0.268. The first-order valence-electron chi connectivity index (χ1n) is 4.81. The summed E-state index contributed by atoms with van der Waals surface area (Å²) in [6.45, 7) is 2.81. The maximum atomic E-state index is 12.8. The number of aliphatic hydroxyl groups excluding tert-OH is 1. The smallest absolute Gasteiger partial charge is 0.123 e. The van der Waals surface area contributed by atoms with Crippen LogP contribution >= 0.6 is 0 Å². The molecule has 78 valence electrons. The summed E-state index contributed by atoms with van der Waals surface area (Å²) in [5.74, 6) is -0.209. The fourth-order valence-electron chi connectivity index (χ4n) is 1.23. The number of rotatable bonds is 5. The van der Waals surface area contributed by atoms with Crippen LogP contribution in [0.1, 0.15) is 18.9 Å². The average Bonchev–Trinajstić information content (AvgIpc) is 2.15. The first-order chi connectivity index (χ1) is 6.72. The molecular weight excluding hydrogens is 181 g/mol. The van der Waals surface area contributed by atoms with Crippen LogP contribution in [0.2, 0.25) is 0 Å². The third-order valence-electron chi connectivity index (χ3n) is 2.11. The molecule has 0 saturated carbocycles. The number of hydrogen-bond donors (Lipinski definition) is 2. The zero-order valence-corrected chi connectivity index (χ0v) is 8.33. The Kier molecular flexibility index (Phi) is 4.56. The maximum Gasteiger partial charge on any atom is 0.123 e. The number of hydrogen-bond acceptors (Lipinski definition) is 2. The molecule has 1 atom stereocenters. The van der Waals surface area contributed by atoms with Gasteiger partial charge in [-0.05, 0) is 31.0 Å². The van der Waals surface area contributed by atoms with Crippen molar-refractivity contribution in [2.75, 3.05) is 6.61 Å². The van der Waals surface area contributed by atoms with Crippen LogP contribution in [-0.2, 0) is 6.54 Å². The summed E-state index contributed by atoms with van der Waals surface area (Å²) >= 11 is 0. The van der Waals surface area contributed by atoms with Crippen molar-refractivity contribution in [1.82, 2.24) is 5.32 Å². The van der Waals surface area contributed by atoms with Crippen LogP contribution in [0.4, 0.5) is 4.39 Å². The first kappa shape index (κ1) is 11.1. The molecule has 3 heteroatoms. The topological polar surface area (TPSA) is 32.3 Å². The van der Waals surface area contributed by atoms with Crippen molar-refractivity contribution in [3.8, 4) is 0 Å². The minimum Gasteiger partial charge on any atom is -0.396 e. The van der Waals surface area contributed by atoms with Crippen LogP contribution in [0, 0.1) is 5.82 Å². The van der Waals surface area contributed by atoms with Gasteiger partial charge in [-0.1, -0.05) is 12.1 Å². The van der Waals surface area contributed by atoms with E-state index in [1.165, 1.54) is 12.1 Å². The summed E-state index contributed by atoms with van der Waals surface area (Å²) < 4.78 is 12.8. The van der Waals surface area contributed by atoms with Gasteiger partial charge in [-0.3, -0.25) is 0 Å². The Morgan fingerprint density at radius 2 is 2.29 bits per heavy atom. The number of benzene rings is 1. The minimum absolute atomic E-state index is 0.178. The molecule has 0 aliphatic heterocycles. The van der Waals surface area contributed by atoms with Crippen LogP contribution in [0.25, 0.3) is 0 Å². The summed E-state index contributed by atoms with van der Waals surface area (Å²) in [6.07, 6.45) is 0.718. The molecule has 1 aromatic rings. The molecule has 2 N–H and O–H groups in total. The third kappa shape index (κ3) is 3.85. The predicted octanol–water partition coefficient (Wildman–Crippen LogP) is 1.69. The van der Waals surface area contributed by atoms with Gasteiger partial charge in [0.25, 0.3) is 0 Å². The van der Waals surface area contributed by atoms with Crippen molar-refractivity contribution in [3.63, 3.8) is 0 Å². The third-order valence-corrected chi connectivity index (χ3v) is 2.11. The van der Waals surface area contributed by atoms with Gasteiger partial charge in [-0.2, -0.15) is 0 Å². The SMILES string of the molecule is C[C@H](CCO)NCc1cccc(F)c1. The molecule has 0 aromatic heterocycles. The minimum atomic E-state index is -0.209. The molecule has 0 saturated heterocycles. The van der Waals surface area contributed by atoms with E-state index in [1.54, 1.807) is 6.07 Å². The molecule has 0 radical (unpaired) electrons. The molecule has 1 rings (SSSR count). The van der Waals surface area contributed by atoms with Crippen molar-refractivity contribution in [2.24, 2.45) is 0 Å². The predicted molar refractivity (Wildman–Crippen MR) is 54.4 cm³/mol. The van der Waals surface area contributed by atoms with Crippen molar-refractivity contribution in [1.29, 1.82) is 0 Å². The molecule has 2 nitrogen and oxygen atoms in total. The van der Waals surface area contributed by atoms with Crippen molar-refractivity contribution >= 4 is 0 Å². The summed E-state index contributed by atoms with van der Waals surface area (Å²) in [7, 11) is 0. The van der Waals surface area contributed by atoms with E-state index in [9.17, 15) is 4.39 Å². The largest absolute Gasteiger partial charge is 0.396 e. The van der Waals surface area contributed by atoms with Gasteiger partial charge in [-0.15, -0.1) is 0 Å². The van der Waals surface area contributed by atoms with Crippen LogP contribution in [0.5, 0.6) is 0 Å². The monoisotopic (exact) mass is 197 g/mol. The Hall–Kier alpha value is -0.930. The second-order valence-corrected chi connectivity index (χ2v) is 3.42. The summed E-state index contributed by atoms with van der Waals surface area (Å²) in [6, 6.07) is 6.77. The van der Waals surface area contributed by atoms with E-state index in [0.717, 1.165) is 12.0 Å². The standard InChI is InChI=1S/C11H16FNO/c1-9(5-6-14)13-8-10-3-2-4-11(12)7-10/h2-4,7,9,13-14H,5-6,8H2,1H3/t9-/m1/s1. The molecule has 0 unspecified atom stereocenters. The summed E-state index contributed by atoms with van der Waals surface area (Å²) in [4.78, 5) is 0. The Morgan fingerprint density at radius 1 is 1.50 bits per heavy atom. The molecule has 0 spiro atoms. The van der Waals surface area contributed by atoms with E-state index >= 15 is 0 Å². The Bertz CT molecular complexity index is 278. The first-order valence-corrected chi connectivity index (χ1v) is 4.81. The van der Waals surface area contributed by atoms with Crippen LogP contribution in [0.15, 0.2) is 24.3 Å². The molecule has 0 amide bonds. The molecule has 0 aliphatic carbocycles. The number of aliphatic hydroxyl groups is 1. The molecule has 0 bridgehead atoms. The number of nitrogens with one attached hydrogen (secondary N) is 1. The quantitative estimate of drug-likeness (QED) is 0.752. The van der Waals surface area contributed by atoms with E-state index in [0.29, 0.717) is 6.54 Å². The lowest BCUT2D eigenvalue weighted by atomic mass is 10.2. The van der Waals surface area contributed by atoms with E-state index in [-0.39, 0.29) is 18.5 Å². The normalized spacial score (nSPS) is 12.8. The fourth-order valence-corrected chi connectivity index (χ4v) is 1.23. The fraction of sp³-hybridized carbons (Fsp3) is 0.455. The lowest BCUT2D eigenvalue weighted by Gasteiger charge is -2.11. The lowest BCUT2D eigenvalue weighted by Crippen LogP contribution is -2.26. The van der Waals surface area contributed by atoms with Gasteiger partial charge in [-0.25, -0.2) is 4.39 Å². The van der Waals surface area contributed by atoms with E-state index in [1.807, 2.05) is 13.0 Å². The molecule has 1 aromatic carbocycles. The Labute approximate surface area is 83.8 Å². The van der Waals surface area contributed by atoms with E-state index in [2.05, 4.69) is 5.32 Å². The summed E-state index contributed by atoms with van der Waals surface area (Å²) in [5, 5.41) is 11.9. The van der Waals surface area contributed by atoms with Gasteiger partial charge in [0.05, 0.1) is 0 Å². The highest BCUT2D eigenvalue weighted by Crippen LogP contribution is 2.03. The summed E-state index contributed by atoms with van der Waals surface area (Å²) in [5.41, 5.74) is 0.926. The molecule has 0 fully saturated rings. The van der Waals surface area contributed by atoms with E-state index < -0.39 is 0 Å². The average molecular weight is 197 g/mol. The van der Waals surface area contributed by atoms with Gasteiger partial charge in [0, 0.05) is 19.2 Å².